The number of rotatable bonds is 4. The zero-order valence-corrected chi connectivity index (χ0v) is 20.6. The van der Waals surface area contributed by atoms with Gasteiger partial charge in [0.05, 0.1) is 0 Å². The minimum Gasteiger partial charge on any atom is -0.396 e. The van der Waals surface area contributed by atoms with E-state index in [0.29, 0.717) is 18.4 Å². The first kappa shape index (κ1) is 31.2. The fraction of sp³-hybridized carbons (Fsp3) is 0.920. The van der Waals surface area contributed by atoms with Crippen molar-refractivity contribution in [3.8, 4) is 11.8 Å². The zero-order chi connectivity index (χ0) is 21.7. The Morgan fingerprint density at radius 2 is 1.33 bits per heavy atom. The normalized spacial score (nSPS) is 21.2. The molecular formula is C25H53NO. The van der Waals surface area contributed by atoms with Crippen LogP contribution in [0.5, 0.6) is 0 Å². The number of likely N-dealkylation sites (tertiary alicyclic amines) is 1. The topological polar surface area (TPSA) is 23.5 Å². The molecule has 0 unspecified atom stereocenters. The maximum absolute atomic E-state index is 8.97. The lowest BCUT2D eigenvalue weighted by Crippen LogP contribution is -2.40. The van der Waals surface area contributed by atoms with Crippen LogP contribution in [-0.4, -0.2) is 36.2 Å². The Morgan fingerprint density at radius 3 is 1.74 bits per heavy atom. The molecule has 2 rings (SSSR count). The van der Waals surface area contributed by atoms with Gasteiger partial charge in [-0.15, -0.1) is 5.92 Å². The van der Waals surface area contributed by atoms with E-state index >= 15 is 0 Å². The van der Waals surface area contributed by atoms with E-state index in [1.54, 1.807) is 0 Å². The number of aliphatic hydroxyl groups is 1. The first-order chi connectivity index (χ1) is 13.2. The third-order valence-corrected chi connectivity index (χ3v) is 4.57. The Labute approximate surface area is 173 Å². The molecule has 1 saturated heterocycles. The average Bonchev–Trinajstić information content (AvgIpc) is 2.71. The van der Waals surface area contributed by atoms with Crippen LogP contribution in [-0.2, 0) is 0 Å². The zero-order valence-electron chi connectivity index (χ0n) is 20.6. The van der Waals surface area contributed by atoms with Crippen molar-refractivity contribution in [2.75, 3.05) is 26.2 Å². The van der Waals surface area contributed by atoms with Crippen LogP contribution in [0.15, 0.2) is 0 Å². The molecule has 27 heavy (non-hydrogen) atoms. The van der Waals surface area contributed by atoms with Crippen LogP contribution < -0.4 is 0 Å². The first-order valence-electron chi connectivity index (χ1n) is 12.0. The van der Waals surface area contributed by atoms with E-state index in [1.807, 2.05) is 55.4 Å². The first-order valence-corrected chi connectivity index (χ1v) is 12.0. The second-order valence-corrected chi connectivity index (χ2v) is 6.73. The van der Waals surface area contributed by atoms with Crippen LogP contribution in [0, 0.1) is 35.5 Å². The van der Waals surface area contributed by atoms with Crippen molar-refractivity contribution in [3.05, 3.63) is 0 Å². The summed E-state index contributed by atoms with van der Waals surface area (Å²) in [6.07, 6.45) is 6.20. The van der Waals surface area contributed by atoms with Crippen molar-refractivity contribution in [2.45, 2.75) is 101 Å². The molecule has 1 aliphatic carbocycles. The van der Waals surface area contributed by atoms with Gasteiger partial charge < -0.3 is 10.0 Å². The summed E-state index contributed by atoms with van der Waals surface area (Å²) >= 11 is 0. The molecule has 0 amide bonds. The lowest BCUT2D eigenvalue weighted by molar-refractivity contribution is 0.107. The van der Waals surface area contributed by atoms with Crippen molar-refractivity contribution in [3.63, 3.8) is 0 Å². The predicted octanol–water partition coefficient (Wildman–Crippen LogP) is 6.87. The van der Waals surface area contributed by atoms with Gasteiger partial charge in [-0.1, -0.05) is 75.2 Å². The van der Waals surface area contributed by atoms with Gasteiger partial charge in [0, 0.05) is 25.0 Å². The monoisotopic (exact) mass is 383 g/mol. The summed E-state index contributed by atoms with van der Waals surface area (Å²) in [5.74, 6) is 9.58. The van der Waals surface area contributed by atoms with Crippen molar-refractivity contribution < 1.29 is 5.11 Å². The molecular weight excluding hydrogens is 330 g/mol. The van der Waals surface area contributed by atoms with Gasteiger partial charge in [0.15, 0.2) is 0 Å². The van der Waals surface area contributed by atoms with Gasteiger partial charge in [-0.3, -0.25) is 0 Å². The van der Waals surface area contributed by atoms with E-state index in [2.05, 4.69) is 30.6 Å². The molecule has 0 aromatic carbocycles. The lowest BCUT2D eigenvalue weighted by Gasteiger charge is -2.39. The Kier molecular flexibility index (Phi) is 27.2. The second kappa shape index (κ2) is 23.5. The van der Waals surface area contributed by atoms with Crippen molar-refractivity contribution in [1.29, 1.82) is 0 Å². The summed E-state index contributed by atoms with van der Waals surface area (Å²) in [6.45, 7) is 24.5. The Balaban J connectivity index is -0.000000638. The molecule has 1 N–H and O–H groups in total. The summed E-state index contributed by atoms with van der Waals surface area (Å²) in [4.78, 5) is 2.63. The molecule has 0 atom stereocenters. The van der Waals surface area contributed by atoms with Crippen molar-refractivity contribution >= 4 is 0 Å². The smallest absolute Gasteiger partial charge is 0.0433 e. The van der Waals surface area contributed by atoms with Crippen LogP contribution in [0.1, 0.15) is 101 Å². The average molecular weight is 384 g/mol. The fourth-order valence-corrected chi connectivity index (χ4v) is 3.29. The standard InChI is InChI=1S/C17H29NO.4C2H6/c1-14(2)3-4-16-11-17(12-16)13-18-8-5-15(6-9-18)7-10-19;4*1-2/h14-17,19H,5-13H2,1-2H3;4*1-2H3. The molecule has 2 aliphatic rings. The molecule has 2 fully saturated rings. The Bertz CT molecular complexity index is 315. The molecule has 0 bridgehead atoms. The van der Waals surface area contributed by atoms with Crippen LogP contribution >= 0.6 is 0 Å². The molecule has 2 nitrogen and oxygen atoms in total. The molecule has 0 radical (unpaired) electrons. The van der Waals surface area contributed by atoms with E-state index in [1.165, 1.54) is 45.3 Å². The van der Waals surface area contributed by atoms with E-state index in [-0.39, 0.29) is 0 Å². The van der Waals surface area contributed by atoms with Gasteiger partial charge in [0.2, 0.25) is 0 Å². The molecule has 1 heterocycles. The summed E-state index contributed by atoms with van der Waals surface area (Å²) in [5, 5.41) is 8.97. The van der Waals surface area contributed by atoms with E-state index < -0.39 is 0 Å². The van der Waals surface area contributed by atoms with Gasteiger partial charge in [-0.05, 0) is 57.0 Å². The molecule has 0 spiro atoms. The highest BCUT2D eigenvalue weighted by Gasteiger charge is 2.30. The highest BCUT2D eigenvalue weighted by Crippen LogP contribution is 2.34. The number of nitrogens with zero attached hydrogens (tertiary/aromatic N) is 1. The second-order valence-electron chi connectivity index (χ2n) is 6.73. The summed E-state index contributed by atoms with van der Waals surface area (Å²) in [7, 11) is 0. The summed E-state index contributed by atoms with van der Waals surface area (Å²) in [5.41, 5.74) is 0. The molecule has 0 aromatic rings. The van der Waals surface area contributed by atoms with Gasteiger partial charge >= 0.3 is 0 Å². The third kappa shape index (κ3) is 16.2. The van der Waals surface area contributed by atoms with Crippen LogP contribution in [0.4, 0.5) is 0 Å². The van der Waals surface area contributed by atoms with Crippen molar-refractivity contribution in [1.82, 2.24) is 4.90 Å². The Morgan fingerprint density at radius 1 is 0.852 bits per heavy atom. The van der Waals surface area contributed by atoms with Gasteiger partial charge in [0.25, 0.3) is 0 Å². The van der Waals surface area contributed by atoms with E-state index in [4.69, 9.17) is 5.11 Å². The summed E-state index contributed by atoms with van der Waals surface area (Å²) < 4.78 is 0. The molecule has 2 heteroatoms. The predicted molar refractivity (Wildman–Crippen MR) is 125 cm³/mol. The minimum atomic E-state index is 0.365. The fourth-order valence-electron chi connectivity index (χ4n) is 3.29. The van der Waals surface area contributed by atoms with Gasteiger partial charge in [-0.2, -0.15) is 0 Å². The number of piperidine rings is 1. The van der Waals surface area contributed by atoms with E-state index in [9.17, 15) is 0 Å². The number of aliphatic hydroxyl groups excluding tert-OH is 1. The lowest BCUT2D eigenvalue weighted by atomic mass is 9.74. The largest absolute Gasteiger partial charge is 0.396 e. The molecule has 1 saturated carbocycles. The quantitative estimate of drug-likeness (QED) is 0.535. The minimum absolute atomic E-state index is 0.365. The SMILES string of the molecule is CC.CC.CC.CC.CC(C)C#CC1CC(CN2CCC(CCO)CC2)C1. The number of hydrogen-bond donors (Lipinski definition) is 1. The maximum atomic E-state index is 8.97. The highest BCUT2D eigenvalue weighted by atomic mass is 16.3. The van der Waals surface area contributed by atoms with Crippen molar-refractivity contribution in [2.24, 2.45) is 23.7 Å². The van der Waals surface area contributed by atoms with Gasteiger partial charge in [0.1, 0.15) is 0 Å². The highest BCUT2D eigenvalue weighted by molar-refractivity contribution is 5.09. The Hall–Kier alpha value is -0.520. The molecule has 0 aromatic heterocycles. The van der Waals surface area contributed by atoms with Crippen LogP contribution in [0.3, 0.4) is 0 Å². The molecule has 1 aliphatic heterocycles. The van der Waals surface area contributed by atoms with Crippen LogP contribution in [0.2, 0.25) is 0 Å². The van der Waals surface area contributed by atoms with Crippen LogP contribution in [0.25, 0.3) is 0 Å². The summed E-state index contributed by atoms with van der Waals surface area (Å²) in [6, 6.07) is 0. The van der Waals surface area contributed by atoms with Gasteiger partial charge in [-0.25, -0.2) is 0 Å². The van der Waals surface area contributed by atoms with E-state index in [0.717, 1.165) is 18.3 Å². The maximum Gasteiger partial charge on any atom is 0.0433 e. The number of hydrogen-bond acceptors (Lipinski definition) is 2. The molecule has 164 valence electrons. The third-order valence-electron chi connectivity index (χ3n) is 4.57.